The van der Waals surface area contributed by atoms with Gasteiger partial charge in [-0.3, -0.25) is 0 Å². The Hall–Kier alpha value is -8.21. The molecule has 0 aliphatic heterocycles. The predicted molar refractivity (Wildman–Crippen MR) is 253 cm³/mol. The van der Waals surface area contributed by atoms with E-state index in [-0.39, 0.29) is 0 Å². The Labute approximate surface area is 360 Å². The Kier molecular flexibility index (Phi) is 8.36. The fraction of sp³-hybridized carbons (Fsp3) is 0.0172. The van der Waals surface area contributed by atoms with E-state index in [1.807, 2.05) is 36.4 Å². The average molecular weight is 791 g/mol. The summed E-state index contributed by atoms with van der Waals surface area (Å²) in [6.45, 7) is 0. The van der Waals surface area contributed by atoms with Crippen LogP contribution in [-0.2, 0) is 5.41 Å². The lowest BCUT2D eigenvalue weighted by Crippen LogP contribution is -2.29. The largest absolute Gasteiger partial charge is 0.309 e. The molecule has 2 aromatic heterocycles. The van der Waals surface area contributed by atoms with E-state index in [2.05, 4.69) is 199 Å². The molecule has 0 atom stereocenters. The first-order valence-electron chi connectivity index (χ1n) is 21.1. The number of hydrogen-bond acceptors (Lipinski definition) is 3. The predicted octanol–water partition coefficient (Wildman–Crippen LogP) is 14.0. The minimum atomic E-state index is -0.608. The van der Waals surface area contributed by atoms with Crippen molar-refractivity contribution in [3.05, 3.63) is 253 Å². The summed E-state index contributed by atoms with van der Waals surface area (Å²) in [5, 5.41) is 2.39. The van der Waals surface area contributed by atoms with Crippen LogP contribution < -0.4 is 0 Å². The van der Waals surface area contributed by atoms with Gasteiger partial charge in [-0.25, -0.2) is 15.0 Å². The molecular formula is C58H38N4. The summed E-state index contributed by atoms with van der Waals surface area (Å²) in [5.74, 6) is 1.89. The molecule has 1 aliphatic rings. The molecule has 290 valence electrons. The van der Waals surface area contributed by atoms with Crippen LogP contribution in [0.1, 0.15) is 22.3 Å². The highest BCUT2D eigenvalue weighted by Crippen LogP contribution is 2.59. The molecule has 0 fully saturated rings. The van der Waals surface area contributed by atoms with Gasteiger partial charge in [0.1, 0.15) is 0 Å². The fourth-order valence-electron chi connectivity index (χ4n) is 9.83. The molecule has 0 unspecified atom stereocenters. The van der Waals surface area contributed by atoms with E-state index in [4.69, 9.17) is 15.0 Å². The maximum Gasteiger partial charge on any atom is 0.164 e. The van der Waals surface area contributed by atoms with Crippen molar-refractivity contribution in [2.75, 3.05) is 0 Å². The minimum Gasteiger partial charge on any atom is -0.309 e. The summed E-state index contributed by atoms with van der Waals surface area (Å²) in [7, 11) is 0. The van der Waals surface area contributed by atoms with Gasteiger partial charge in [0.25, 0.3) is 0 Å². The summed E-state index contributed by atoms with van der Waals surface area (Å²) in [4.78, 5) is 15.3. The van der Waals surface area contributed by atoms with Crippen LogP contribution in [0.2, 0.25) is 0 Å². The van der Waals surface area contributed by atoms with Gasteiger partial charge in [0.15, 0.2) is 17.5 Å². The van der Waals surface area contributed by atoms with Crippen molar-refractivity contribution < 1.29 is 0 Å². The van der Waals surface area contributed by atoms with Crippen LogP contribution in [0.4, 0.5) is 0 Å². The Morgan fingerprint density at radius 1 is 0.339 bits per heavy atom. The molecule has 4 nitrogen and oxygen atoms in total. The van der Waals surface area contributed by atoms with E-state index in [0.29, 0.717) is 17.5 Å². The quantitative estimate of drug-likeness (QED) is 0.161. The number of fused-ring (bicyclic) bond motifs is 7. The van der Waals surface area contributed by atoms with Gasteiger partial charge in [-0.15, -0.1) is 0 Å². The lowest BCUT2D eigenvalue weighted by Gasteiger charge is -2.34. The summed E-state index contributed by atoms with van der Waals surface area (Å²) in [5.41, 5.74) is 15.3. The Bertz CT molecular complexity index is 3340. The molecule has 4 heteroatoms. The zero-order valence-electron chi connectivity index (χ0n) is 33.7. The molecule has 62 heavy (non-hydrogen) atoms. The SMILES string of the molecule is c1ccc(-c2ccc3c4ccc5c(c4n(-c4cccc(-c6nc(-c7ccccc7)nc(-c7ccccc7)n6)c4)c3c2)C(c2ccccc2)(c2ccccc2)c2ccccc2-5)cc1. The molecule has 0 saturated heterocycles. The number of rotatable bonds is 7. The third kappa shape index (κ3) is 5.58. The molecule has 0 saturated carbocycles. The Balaban J connectivity index is 1.19. The number of hydrogen-bond donors (Lipinski definition) is 0. The lowest BCUT2D eigenvalue weighted by atomic mass is 9.67. The van der Waals surface area contributed by atoms with E-state index in [1.165, 1.54) is 55.2 Å². The second-order valence-corrected chi connectivity index (χ2v) is 15.9. The highest BCUT2D eigenvalue weighted by Gasteiger charge is 2.48. The van der Waals surface area contributed by atoms with Gasteiger partial charge >= 0.3 is 0 Å². The average Bonchev–Trinajstić information content (AvgIpc) is 3.86. The molecular weight excluding hydrogens is 753 g/mol. The second-order valence-electron chi connectivity index (χ2n) is 15.9. The van der Waals surface area contributed by atoms with Crippen LogP contribution in [0.25, 0.3) is 83.9 Å². The molecule has 9 aromatic carbocycles. The highest BCUT2D eigenvalue weighted by molar-refractivity contribution is 6.14. The molecule has 0 radical (unpaired) electrons. The van der Waals surface area contributed by atoms with Gasteiger partial charge in [-0.1, -0.05) is 212 Å². The molecule has 11 aromatic rings. The zero-order chi connectivity index (χ0) is 41.0. The first kappa shape index (κ1) is 35.7. The molecule has 0 spiro atoms. The van der Waals surface area contributed by atoms with Gasteiger partial charge in [0.05, 0.1) is 16.4 Å². The van der Waals surface area contributed by atoms with Crippen LogP contribution >= 0.6 is 0 Å². The molecule has 12 rings (SSSR count). The van der Waals surface area contributed by atoms with E-state index >= 15 is 0 Å². The highest BCUT2D eigenvalue weighted by atomic mass is 15.0. The van der Waals surface area contributed by atoms with Crippen molar-refractivity contribution in [3.8, 4) is 62.1 Å². The van der Waals surface area contributed by atoms with E-state index in [9.17, 15) is 0 Å². The maximum absolute atomic E-state index is 5.16. The smallest absolute Gasteiger partial charge is 0.164 e. The summed E-state index contributed by atoms with van der Waals surface area (Å²) in [6.07, 6.45) is 0. The van der Waals surface area contributed by atoms with Crippen molar-refractivity contribution in [1.29, 1.82) is 0 Å². The maximum atomic E-state index is 5.16. The fourth-order valence-corrected chi connectivity index (χ4v) is 9.83. The van der Waals surface area contributed by atoms with Gasteiger partial charge in [0, 0.05) is 38.7 Å². The second kappa shape index (κ2) is 14.5. The Morgan fingerprint density at radius 3 is 1.45 bits per heavy atom. The summed E-state index contributed by atoms with van der Waals surface area (Å²) in [6, 6.07) is 82.5. The van der Waals surface area contributed by atoms with Gasteiger partial charge in [0.2, 0.25) is 0 Å². The van der Waals surface area contributed by atoms with Crippen LogP contribution in [-0.4, -0.2) is 19.5 Å². The van der Waals surface area contributed by atoms with E-state index in [0.717, 1.165) is 33.5 Å². The van der Waals surface area contributed by atoms with E-state index in [1.54, 1.807) is 0 Å². The van der Waals surface area contributed by atoms with Crippen molar-refractivity contribution in [2.24, 2.45) is 0 Å². The zero-order valence-corrected chi connectivity index (χ0v) is 33.7. The van der Waals surface area contributed by atoms with Crippen molar-refractivity contribution in [2.45, 2.75) is 5.41 Å². The lowest BCUT2D eigenvalue weighted by molar-refractivity contribution is 0.772. The van der Waals surface area contributed by atoms with Crippen LogP contribution in [0.3, 0.4) is 0 Å². The van der Waals surface area contributed by atoms with Gasteiger partial charge in [-0.05, 0) is 57.1 Å². The first-order chi connectivity index (χ1) is 30.8. The third-order valence-electron chi connectivity index (χ3n) is 12.5. The monoisotopic (exact) mass is 790 g/mol. The summed E-state index contributed by atoms with van der Waals surface area (Å²) >= 11 is 0. The van der Waals surface area contributed by atoms with Crippen molar-refractivity contribution in [3.63, 3.8) is 0 Å². The van der Waals surface area contributed by atoms with E-state index < -0.39 is 5.41 Å². The standard InChI is InChI=1S/C58H38N4/c1-6-19-39(20-7-1)42-33-34-48-50-36-35-49-47-31-16-17-32-51(47)58(44-26-12-4-13-27-44,45-28-14-5-15-29-45)53(49)54(50)62(52(48)38-42)46-30-18-25-43(37-46)57-60-55(40-21-8-2-9-22-40)59-56(61-57)41-23-10-3-11-24-41/h1-38H. The van der Waals surface area contributed by atoms with Gasteiger partial charge in [-0.2, -0.15) is 0 Å². The molecule has 0 amide bonds. The normalized spacial score (nSPS) is 12.6. The number of aromatic nitrogens is 4. The number of nitrogens with zero attached hydrogens (tertiary/aromatic N) is 4. The van der Waals surface area contributed by atoms with Crippen LogP contribution in [0.15, 0.2) is 231 Å². The van der Waals surface area contributed by atoms with Crippen LogP contribution in [0.5, 0.6) is 0 Å². The van der Waals surface area contributed by atoms with Gasteiger partial charge < -0.3 is 4.57 Å². The molecule has 1 aliphatic carbocycles. The first-order valence-corrected chi connectivity index (χ1v) is 21.1. The molecule has 2 heterocycles. The van der Waals surface area contributed by atoms with Crippen molar-refractivity contribution in [1.82, 2.24) is 19.5 Å². The number of benzene rings is 9. The molecule has 0 bridgehead atoms. The van der Waals surface area contributed by atoms with Crippen molar-refractivity contribution >= 4 is 21.8 Å². The minimum absolute atomic E-state index is 0.608. The summed E-state index contributed by atoms with van der Waals surface area (Å²) < 4.78 is 2.50. The molecule has 0 N–H and O–H groups in total. The third-order valence-corrected chi connectivity index (χ3v) is 12.5. The Morgan fingerprint density at radius 2 is 0.839 bits per heavy atom. The van der Waals surface area contributed by atoms with Crippen LogP contribution in [0, 0.1) is 0 Å². The topological polar surface area (TPSA) is 43.6 Å².